The quantitative estimate of drug-likeness (QED) is 0.759. The van der Waals surface area contributed by atoms with E-state index in [4.69, 9.17) is 14.2 Å². The molecule has 1 aliphatic rings. The summed E-state index contributed by atoms with van der Waals surface area (Å²) in [6.45, 7) is 2.59. The van der Waals surface area contributed by atoms with Gasteiger partial charge in [-0.1, -0.05) is 18.2 Å². The number of carbonyl (C=O) groups excluding carboxylic acids is 2. The van der Waals surface area contributed by atoms with Gasteiger partial charge in [0.25, 0.3) is 5.91 Å². The first-order valence-corrected chi connectivity index (χ1v) is 8.77. The van der Waals surface area contributed by atoms with Gasteiger partial charge in [0.05, 0.1) is 19.8 Å². The van der Waals surface area contributed by atoms with Crippen LogP contribution in [0.1, 0.15) is 27.0 Å². The summed E-state index contributed by atoms with van der Waals surface area (Å²) in [5.74, 6) is 0.627. The number of aryl methyl sites for hydroxylation is 1. The van der Waals surface area contributed by atoms with E-state index in [0.717, 1.165) is 16.7 Å². The molecule has 0 N–H and O–H groups in total. The molecule has 1 heterocycles. The van der Waals surface area contributed by atoms with Gasteiger partial charge in [-0.15, -0.1) is 0 Å². The van der Waals surface area contributed by atoms with E-state index in [1.54, 1.807) is 31.3 Å². The molecule has 2 aromatic carbocycles. The number of methoxy groups -OCH3 is 2. The minimum atomic E-state index is -0.481. The van der Waals surface area contributed by atoms with E-state index in [1.807, 2.05) is 31.2 Å². The third kappa shape index (κ3) is 4.05. The number of nitrogens with zero attached hydrogens (tertiary/aromatic N) is 1. The fourth-order valence-corrected chi connectivity index (χ4v) is 3.19. The molecule has 6 heteroatoms. The zero-order chi connectivity index (χ0) is 19.4. The van der Waals surface area contributed by atoms with Crippen LogP contribution in [-0.2, 0) is 22.5 Å². The molecule has 0 atom stereocenters. The van der Waals surface area contributed by atoms with Crippen molar-refractivity contribution in [2.75, 3.05) is 27.4 Å². The Morgan fingerprint density at radius 2 is 1.70 bits per heavy atom. The Morgan fingerprint density at radius 1 is 1.04 bits per heavy atom. The normalized spacial score (nSPS) is 12.9. The molecule has 1 aliphatic heterocycles. The second-order valence-electron chi connectivity index (χ2n) is 6.43. The fourth-order valence-electron chi connectivity index (χ4n) is 3.19. The number of benzene rings is 2. The minimum absolute atomic E-state index is 0.211. The molecule has 0 saturated carbocycles. The molecule has 3 rings (SSSR count). The second-order valence-corrected chi connectivity index (χ2v) is 6.43. The van der Waals surface area contributed by atoms with Crippen LogP contribution in [0.3, 0.4) is 0 Å². The SMILES string of the molecule is COc1cc2c(cc1OC)CN(C(=O)COC(=O)c1ccccc1C)CC2. The number of hydrogen-bond acceptors (Lipinski definition) is 5. The van der Waals surface area contributed by atoms with Gasteiger partial charge in [-0.25, -0.2) is 4.79 Å². The first-order valence-electron chi connectivity index (χ1n) is 8.77. The molecule has 1 amide bonds. The lowest BCUT2D eigenvalue weighted by atomic mass is 9.99. The molecule has 0 fully saturated rings. The molecule has 0 radical (unpaired) electrons. The third-order valence-corrected chi connectivity index (χ3v) is 4.76. The molecule has 0 aliphatic carbocycles. The Bertz CT molecular complexity index is 862. The van der Waals surface area contributed by atoms with Gasteiger partial charge in [0, 0.05) is 13.1 Å². The molecule has 0 aromatic heterocycles. The zero-order valence-electron chi connectivity index (χ0n) is 15.8. The van der Waals surface area contributed by atoms with Crippen LogP contribution in [0.4, 0.5) is 0 Å². The molecule has 6 nitrogen and oxygen atoms in total. The molecule has 0 spiro atoms. The van der Waals surface area contributed by atoms with Crippen molar-refractivity contribution in [3.63, 3.8) is 0 Å². The van der Waals surface area contributed by atoms with Gasteiger partial charge in [0.2, 0.25) is 0 Å². The first kappa shape index (κ1) is 18.8. The summed E-state index contributed by atoms with van der Waals surface area (Å²) < 4.78 is 15.9. The van der Waals surface area contributed by atoms with Crippen molar-refractivity contribution >= 4 is 11.9 Å². The number of amides is 1. The predicted octanol–water partition coefficient (Wildman–Crippen LogP) is 2.75. The van der Waals surface area contributed by atoms with Gasteiger partial charge in [0.15, 0.2) is 18.1 Å². The molecule has 0 unspecified atom stereocenters. The van der Waals surface area contributed by atoms with Crippen molar-refractivity contribution in [3.05, 3.63) is 58.7 Å². The second kappa shape index (κ2) is 8.12. The standard InChI is InChI=1S/C21H23NO5/c1-14-6-4-5-7-17(14)21(24)27-13-20(23)22-9-8-15-10-18(25-2)19(26-3)11-16(15)12-22/h4-7,10-11H,8-9,12-13H2,1-3H3. The monoisotopic (exact) mass is 369 g/mol. The van der Waals surface area contributed by atoms with Crippen molar-refractivity contribution < 1.29 is 23.8 Å². The molecule has 0 saturated heterocycles. The van der Waals surface area contributed by atoms with E-state index in [2.05, 4.69) is 0 Å². The van der Waals surface area contributed by atoms with Crippen LogP contribution in [0, 0.1) is 6.92 Å². The van der Waals surface area contributed by atoms with Gasteiger partial charge < -0.3 is 19.1 Å². The number of hydrogen-bond donors (Lipinski definition) is 0. The summed E-state index contributed by atoms with van der Waals surface area (Å²) in [5, 5.41) is 0. The number of esters is 1. The smallest absolute Gasteiger partial charge is 0.338 e. The van der Waals surface area contributed by atoms with Gasteiger partial charge >= 0.3 is 5.97 Å². The Hall–Kier alpha value is -3.02. The third-order valence-electron chi connectivity index (χ3n) is 4.76. The lowest BCUT2D eigenvalue weighted by Gasteiger charge is -2.29. The summed E-state index contributed by atoms with van der Waals surface area (Å²) in [6.07, 6.45) is 0.715. The lowest BCUT2D eigenvalue weighted by molar-refractivity contribution is -0.135. The fraction of sp³-hybridized carbons (Fsp3) is 0.333. The Balaban J connectivity index is 1.64. The van der Waals surface area contributed by atoms with Crippen LogP contribution in [-0.4, -0.2) is 44.1 Å². The minimum Gasteiger partial charge on any atom is -0.493 e. The van der Waals surface area contributed by atoms with Gasteiger partial charge in [0.1, 0.15) is 0 Å². The summed E-state index contributed by atoms with van der Waals surface area (Å²) in [4.78, 5) is 26.4. The van der Waals surface area contributed by atoms with Gasteiger partial charge in [-0.05, 0) is 48.2 Å². The van der Waals surface area contributed by atoms with E-state index in [-0.39, 0.29) is 12.5 Å². The van der Waals surface area contributed by atoms with Gasteiger partial charge in [-0.3, -0.25) is 4.79 Å². The summed E-state index contributed by atoms with van der Waals surface area (Å²) in [6, 6.07) is 11.0. The molecule has 0 bridgehead atoms. The highest BCUT2D eigenvalue weighted by Crippen LogP contribution is 2.33. The van der Waals surface area contributed by atoms with Crippen LogP contribution in [0.5, 0.6) is 11.5 Å². The van der Waals surface area contributed by atoms with E-state index in [1.165, 1.54) is 0 Å². The highest BCUT2D eigenvalue weighted by Gasteiger charge is 2.24. The number of ether oxygens (including phenoxy) is 3. The van der Waals surface area contributed by atoms with E-state index in [9.17, 15) is 9.59 Å². The van der Waals surface area contributed by atoms with Crippen LogP contribution in [0.2, 0.25) is 0 Å². The number of fused-ring (bicyclic) bond motifs is 1. The summed E-state index contributed by atoms with van der Waals surface area (Å²) >= 11 is 0. The summed E-state index contributed by atoms with van der Waals surface area (Å²) in [7, 11) is 3.19. The van der Waals surface area contributed by atoms with Crippen LogP contribution < -0.4 is 9.47 Å². The Labute approximate surface area is 158 Å². The molecular weight excluding hydrogens is 346 g/mol. The average Bonchev–Trinajstić information content (AvgIpc) is 2.70. The van der Waals surface area contributed by atoms with E-state index >= 15 is 0 Å². The Morgan fingerprint density at radius 3 is 2.37 bits per heavy atom. The van der Waals surface area contributed by atoms with Crippen molar-refractivity contribution in [2.24, 2.45) is 0 Å². The van der Waals surface area contributed by atoms with Crippen molar-refractivity contribution in [3.8, 4) is 11.5 Å². The zero-order valence-corrected chi connectivity index (χ0v) is 15.8. The summed E-state index contributed by atoms with van der Waals surface area (Å²) in [5.41, 5.74) is 3.44. The Kier molecular flexibility index (Phi) is 5.64. The van der Waals surface area contributed by atoms with Crippen molar-refractivity contribution in [1.29, 1.82) is 0 Å². The van der Waals surface area contributed by atoms with Crippen LogP contribution >= 0.6 is 0 Å². The molecular formula is C21H23NO5. The van der Waals surface area contributed by atoms with E-state index < -0.39 is 5.97 Å². The molecule has 142 valence electrons. The highest BCUT2D eigenvalue weighted by atomic mass is 16.5. The first-order chi connectivity index (χ1) is 13.0. The van der Waals surface area contributed by atoms with Crippen LogP contribution in [0.15, 0.2) is 36.4 Å². The van der Waals surface area contributed by atoms with E-state index in [0.29, 0.717) is 36.6 Å². The van der Waals surface area contributed by atoms with Gasteiger partial charge in [-0.2, -0.15) is 0 Å². The lowest BCUT2D eigenvalue weighted by Crippen LogP contribution is -2.38. The highest BCUT2D eigenvalue weighted by molar-refractivity contribution is 5.92. The molecule has 27 heavy (non-hydrogen) atoms. The topological polar surface area (TPSA) is 65.1 Å². The maximum atomic E-state index is 12.5. The number of rotatable bonds is 5. The van der Waals surface area contributed by atoms with Crippen LogP contribution in [0.25, 0.3) is 0 Å². The number of carbonyl (C=O) groups is 2. The average molecular weight is 369 g/mol. The maximum Gasteiger partial charge on any atom is 0.338 e. The van der Waals surface area contributed by atoms with Crippen molar-refractivity contribution in [1.82, 2.24) is 4.90 Å². The largest absolute Gasteiger partial charge is 0.493 e. The van der Waals surface area contributed by atoms with Crippen molar-refractivity contribution in [2.45, 2.75) is 19.9 Å². The maximum absolute atomic E-state index is 12.5. The predicted molar refractivity (Wildman–Crippen MR) is 100 cm³/mol. The molecule has 2 aromatic rings.